The van der Waals surface area contributed by atoms with Gasteiger partial charge in [0, 0.05) is 24.7 Å². The van der Waals surface area contributed by atoms with Gasteiger partial charge < -0.3 is 15.2 Å². The molecule has 0 bridgehead atoms. The summed E-state index contributed by atoms with van der Waals surface area (Å²) in [7, 11) is 1.73. The van der Waals surface area contributed by atoms with Crippen molar-refractivity contribution in [3.63, 3.8) is 0 Å². The molecule has 2 heterocycles. The van der Waals surface area contributed by atoms with Crippen LogP contribution in [-0.4, -0.2) is 32.9 Å². The number of aliphatic imine (C=N–C) groups is 1. The molecule has 0 aliphatic carbocycles. The molecule has 0 aliphatic heterocycles. The van der Waals surface area contributed by atoms with E-state index in [2.05, 4.69) is 44.8 Å². The van der Waals surface area contributed by atoms with Gasteiger partial charge in [-0.2, -0.15) is 0 Å². The third-order valence-electron chi connectivity index (χ3n) is 4.70. The molecule has 3 rings (SSSR count). The van der Waals surface area contributed by atoms with Crippen LogP contribution >= 0.6 is 0 Å². The molecule has 0 fully saturated rings. The lowest BCUT2D eigenvalue weighted by atomic mass is 9.99. The van der Waals surface area contributed by atoms with Crippen molar-refractivity contribution >= 4 is 5.96 Å². The quantitative estimate of drug-likeness (QED) is 0.460. The minimum absolute atomic E-state index is 0.444. The number of guanidine groups is 1. The van der Waals surface area contributed by atoms with Crippen molar-refractivity contribution in [2.75, 3.05) is 7.05 Å². The summed E-state index contributed by atoms with van der Waals surface area (Å²) in [6.45, 7) is 5.34. The molecule has 0 atom stereocenters. The second kappa shape index (κ2) is 9.68. The van der Waals surface area contributed by atoms with Crippen LogP contribution in [0.1, 0.15) is 49.9 Å². The SMILES string of the molecule is CCC(CC)c1cc(CNC(=NC)NCc2nncn2-c2ccccc2)on1. The van der Waals surface area contributed by atoms with Crippen LogP contribution in [0.2, 0.25) is 0 Å². The monoisotopic (exact) mass is 381 g/mol. The van der Waals surface area contributed by atoms with Gasteiger partial charge in [0.2, 0.25) is 0 Å². The average molecular weight is 381 g/mol. The Morgan fingerprint density at radius 2 is 1.89 bits per heavy atom. The lowest BCUT2D eigenvalue weighted by Crippen LogP contribution is -2.36. The predicted octanol–water partition coefficient (Wildman–Crippen LogP) is 3.02. The fourth-order valence-corrected chi connectivity index (χ4v) is 3.05. The maximum absolute atomic E-state index is 5.45. The molecule has 28 heavy (non-hydrogen) atoms. The number of rotatable bonds is 8. The van der Waals surface area contributed by atoms with Crippen LogP contribution < -0.4 is 10.6 Å². The van der Waals surface area contributed by atoms with Crippen molar-refractivity contribution in [2.45, 2.75) is 45.7 Å². The van der Waals surface area contributed by atoms with E-state index in [1.54, 1.807) is 13.4 Å². The Bertz CT molecular complexity index is 881. The van der Waals surface area contributed by atoms with Crippen LogP contribution in [-0.2, 0) is 13.1 Å². The van der Waals surface area contributed by atoms with E-state index < -0.39 is 0 Å². The van der Waals surface area contributed by atoms with Crippen molar-refractivity contribution in [1.82, 2.24) is 30.6 Å². The number of aromatic nitrogens is 4. The molecule has 0 unspecified atom stereocenters. The van der Waals surface area contributed by atoms with Crippen molar-refractivity contribution < 1.29 is 4.52 Å². The van der Waals surface area contributed by atoms with Gasteiger partial charge in [-0.15, -0.1) is 10.2 Å². The fraction of sp³-hybridized carbons (Fsp3) is 0.400. The summed E-state index contributed by atoms with van der Waals surface area (Å²) in [5.74, 6) is 2.68. The van der Waals surface area contributed by atoms with Crippen molar-refractivity contribution in [3.8, 4) is 5.69 Å². The van der Waals surface area contributed by atoms with Crippen LogP contribution in [0.5, 0.6) is 0 Å². The summed E-state index contributed by atoms with van der Waals surface area (Å²) >= 11 is 0. The largest absolute Gasteiger partial charge is 0.359 e. The second-order valence-electron chi connectivity index (χ2n) is 6.46. The molecule has 0 saturated carbocycles. The van der Waals surface area contributed by atoms with Gasteiger partial charge in [0.25, 0.3) is 0 Å². The van der Waals surface area contributed by atoms with Crippen LogP contribution in [0.4, 0.5) is 0 Å². The van der Waals surface area contributed by atoms with Gasteiger partial charge in [-0.25, -0.2) is 0 Å². The molecule has 2 aromatic heterocycles. The number of nitrogens with zero attached hydrogens (tertiary/aromatic N) is 5. The van der Waals surface area contributed by atoms with Gasteiger partial charge in [-0.05, 0) is 25.0 Å². The molecule has 1 aromatic carbocycles. The predicted molar refractivity (Wildman–Crippen MR) is 108 cm³/mol. The summed E-state index contributed by atoms with van der Waals surface area (Å²) in [4.78, 5) is 4.25. The van der Waals surface area contributed by atoms with Gasteiger partial charge in [-0.1, -0.05) is 37.2 Å². The average Bonchev–Trinajstić information content (AvgIpc) is 3.39. The Morgan fingerprint density at radius 1 is 1.14 bits per heavy atom. The highest BCUT2D eigenvalue weighted by atomic mass is 16.5. The topological polar surface area (TPSA) is 93.2 Å². The molecule has 8 nitrogen and oxygen atoms in total. The van der Waals surface area contributed by atoms with Gasteiger partial charge >= 0.3 is 0 Å². The molecule has 0 aliphatic rings. The highest BCUT2D eigenvalue weighted by Crippen LogP contribution is 2.22. The lowest BCUT2D eigenvalue weighted by Gasteiger charge is -2.11. The number of nitrogens with one attached hydrogen (secondary N) is 2. The third kappa shape index (κ3) is 4.76. The van der Waals surface area contributed by atoms with Crippen LogP contribution in [0.25, 0.3) is 5.69 Å². The third-order valence-corrected chi connectivity index (χ3v) is 4.70. The van der Waals surface area contributed by atoms with Gasteiger partial charge in [0.15, 0.2) is 17.5 Å². The Labute approximate surface area is 165 Å². The first kappa shape index (κ1) is 19.6. The standard InChI is InChI=1S/C20H27N7O/c1-4-15(5-2)18-11-17(28-26-18)12-22-20(21-3)23-13-19-25-24-14-27(19)16-9-7-6-8-10-16/h6-11,14-15H,4-5,12-13H2,1-3H3,(H2,21,22,23). The van der Waals surface area contributed by atoms with Gasteiger partial charge in [-0.3, -0.25) is 9.56 Å². The molecule has 0 amide bonds. The zero-order chi connectivity index (χ0) is 19.8. The van der Waals surface area contributed by atoms with E-state index in [-0.39, 0.29) is 0 Å². The highest BCUT2D eigenvalue weighted by Gasteiger charge is 2.13. The molecule has 0 radical (unpaired) electrons. The first-order valence-corrected chi connectivity index (χ1v) is 9.59. The van der Waals surface area contributed by atoms with Crippen molar-refractivity contribution in [1.29, 1.82) is 0 Å². The van der Waals surface area contributed by atoms with Crippen LogP contribution in [0.15, 0.2) is 52.2 Å². The summed E-state index contributed by atoms with van der Waals surface area (Å²) in [5, 5.41) is 18.9. The Morgan fingerprint density at radius 3 is 2.61 bits per heavy atom. The van der Waals surface area contributed by atoms with Crippen molar-refractivity contribution in [3.05, 3.63) is 60.0 Å². The summed E-state index contributed by atoms with van der Waals surface area (Å²) < 4.78 is 7.39. The molecule has 148 valence electrons. The van der Waals surface area contributed by atoms with Crippen molar-refractivity contribution in [2.24, 2.45) is 4.99 Å². The summed E-state index contributed by atoms with van der Waals surface area (Å²) in [6, 6.07) is 12.0. The van der Waals surface area contributed by atoms with E-state index in [0.29, 0.717) is 25.0 Å². The second-order valence-corrected chi connectivity index (χ2v) is 6.46. The lowest BCUT2D eigenvalue weighted by molar-refractivity contribution is 0.368. The molecule has 8 heteroatoms. The molecule has 2 N–H and O–H groups in total. The number of hydrogen-bond donors (Lipinski definition) is 2. The number of para-hydroxylation sites is 1. The van der Waals surface area contributed by atoms with Gasteiger partial charge in [0.05, 0.1) is 18.8 Å². The van der Waals surface area contributed by atoms with E-state index in [4.69, 9.17) is 4.52 Å². The van der Waals surface area contributed by atoms with E-state index in [1.807, 2.05) is 41.0 Å². The smallest absolute Gasteiger partial charge is 0.191 e. The van der Waals surface area contributed by atoms with Gasteiger partial charge in [0.1, 0.15) is 6.33 Å². The summed E-state index contributed by atoms with van der Waals surface area (Å²) in [6.07, 6.45) is 3.82. The maximum Gasteiger partial charge on any atom is 0.191 e. The molecule has 0 spiro atoms. The first-order chi connectivity index (χ1) is 13.7. The fourth-order valence-electron chi connectivity index (χ4n) is 3.05. The zero-order valence-corrected chi connectivity index (χ0v) is 16.6. The van der Waals surface area contributed by atoms with E-state index in [1.165, 1.54) is 0 Å². The first-order valence-electron chi connectivity index (χ1n) is 9.59. The molecular formula is C20H27N7O. The Hall–Kier alpha value is -3.16. The normalized spacial score (nSPS) is 11.8. The van der Waals surface area contributed by atoms with Crippen LogP contribution in [0, 0.1) is 0 Å². The minimum atomic E-state index is 0.444. The Kier molecular flexibility index (Phi) is 6.78. The minimum Gasteiger partial charge on any atom is -0.359 e. The van der Waals surface area contributed by atoms with E-state index in [0.717, 1.165) is 35.8 Å². The number of benzene rings is 1. The molecular weight excluding hydrogens is 354 g/mol. The highest BCUT2D eigenvalue weighted by molar-refractivity contribution is 5.79. The summed E-state index contributed by atoms with van der Waals surface area (Å²) in [5.41, 5.74) is 2.03. The van der Waals surface area contributed by atoms with E-state index >= 15 is 0 Å². The zero-order valence-electron chi connectivity index (χ0n) is 16.6. The maximum atomic E-state index is 5.45. The number of hydrogen-bond acceptors (Lipinski definition) is 5. The molecule has 3 aromatic rings. The molecule has 0 saturated heterocycles. The van der Waals surface area contributed by atoms with Crippen LogP contribution in [0.3, 0.4) is 0 Å². The Balaban J connectivity index is 1.56. The van der Waals surface area contributed by atoms with E-state index in [9.17, 15) is 0 Å².